The Balaban J connectivity index is 1.59. The fourth-order valence-corrected chi connectivity index (χ4v) is 3.86. The second kappa shape index (κ2) is 7.06. The highest BCUT2D eigenvalue weighted by Crippen LogP contribution is 2.28. The SMILES string of the molecule is O=C([C@@H]1CCCc2nn(Cc3ccc(C(F)(F)F)cn3)c(=O)n21)N1CCCC1. The molecule has 1 fully saturated rings. The molecule has 4 rings (SSSR count). The highest BCUT2D eigenvalue weighted by Gasteiger charge is 2.34. The van der Waals surface area contributed by atoms with Gasteiger partial charge in [-0.2, -0.15) is 18.3 Å². The molecule has 0 N–H and O–H groups in total. The van der Waals surface area contributed by atoms with Crippen LogP contribution in [0, 0.1) is 0 Å². The predicted octanol–water partition coefficient (Wildman–Crippen LogP) is 2.01. The Bertz CT molecular complexity index is 926. The lowest BCUT2D eigenvalue weighted by Crippen LogP contribution is -2.41. The number of pyridine rings is 1. The van der Waals surface area contributed by atoms with Crippen LogP contribution in [0.4, 0.5) is 13.2 Å². The standard InChI is InChI=1S/C18H20F3N5O2/c19-18(20,21)12-6-7-13(22-10-12)11-25-17(28)26-14(4-3-5-15(26)23-25)16(27)24-8-1-2-9-24/h6-7,10,14H,1-5,8-9,11H2/t14-/m0/s1. The van der Waals surface area contributed by atoms with Crippen molar-refractivity contribution in [2.75, 3.05) is 13.1 Å². The van der Waals surface area contributed by atoms with Crippen molar-refractivity contribution >= 4 is 5.91 Å². The number of carbonyl (C=O) groups is 1. The van der Waals surface area contributed by atoms with Gasteiger partial charge < -0.3 is 4.90 Å². The molecule has 1 atom stereocenters. The zero-order chi connectivity index (χ0) is 19.9. The second-order valence-corrected chi connectivity index (χ2v) is 7.20. The predicted molar refractivity (Wildman–Crippen MR) is 92.6 cm³/mol. The van der Waals surface area contributed by atoms with Gasteiger partial charge in [-0.25, -0.2) is 9.48 Å². The minimum absolute atomic E-state index is 0.0401. The molecule has 0 radical (unpaired) electrons. The minimum atomic E-state index is -4.46. The first-order chi connectivity index (χ1) is 13.3. The Morgan fingerprint density at radius 1 is 1.18 bits per heavy atom. The van der Waals surface area contributed by atoms with Gasteiger partial charge in [0.2, 0.25) is 5.91 Å². The van der Waals surface area contributed by atoms with Gasteiger partial charge in [-0.05, 0) is 37.8 Å². The molecule has 0 aromatic carbocycles. The first-order valence-electron chi connectivity index (χ1n) is 9.34. The van der Waals surface area contributed by atoms with E-state index < -0.39 is 23.5 Å². The van der Waals surface area contributed by atoms with E-state index in [1.807, 2.05) is 0 Å². The summed E-state index contributed by atoms with van der Waals surface area (Å²) in [6.45, 7) is 1.38. The summed E-state index contributed by atoms with van der Waals surface area (Å²) in [7, 11) is 0. The number of rotatable bonds is 3. The number of nitrogens with zero attached hydrogens (tertiary/aromatic N) is 5. The normalized spacial score (nSPS) is 19.7. The number of carbonyl (C=O) groups excluding carboxylic acids is 1. The van der Waals surface area contributed by atoms with E-state index in [9.17, 15) is 22.8 Å². The molecule has 7 nitrogen and oxygen atoms in total. The van der Waals surface area contributed by atoms with E-state index in [0.29, 0.717) is 37.4 Å². The summed E-state index contributed by atoms with van der Waals surface area (Å²) in [6.07, 6.45) is 0.172. The lowest BCUT2D eigenvalue weighted by Gasteiger charge is -2.27. The third-order valence-electron chi connectivity index (χ3n) is 5.30. The van der Waals surface area contributed by atoms with Crippen LogP contribution in [0.3, 0.4) is 0 Å². The van der Waals surface area contributed by atoms with Gasteiger partial charge in [-0.1, -0.05) is 0 Å². The molecule has 1 amide bonds. The molecule has 2 aromatic heterocycles. The maximum atomic E-state index is 12.9. The van der Waals surface area contributed by atoms with Gasteiger partial charge in [0.05, 0.1) is 17.8 Å². The Morgan fingerprint density at radius 2 is 1.93 bits per heavy atom. The highest BCUT2D eigenvalue weighted by atomic mass is 19.4. The Kier molecular flexibility index (Phi) is 4.72. The Labute approximate surface area is 158 Å². The molecule has 4 heterocycles. The number of hydrogen-bond donors (Lipinski definition) is 0. The number of amides is 1. The van der Waals surface area contributed by atoms with E-state index in [-0.39, 0.29) is 12.5 Å². The van der Waals surface area contributed by atoms with Crippen LogP contribution < -0.4 is 5.69 Å². The monoisotopic (exact) mass is 395 g/mol. The summed E-state index contributed by atoms with van der Waals surface area (Å²) in [5.74, 6) is 0.494. The number of alkyl halides is 3. The summed E-state index contributed by atoms with van der Waals surface area (Å²) in [5, 5.41) is 4.31. The van der Waals surface area contributed by atoms with Crippen LogP contribution >= 0.6 is 0 Å². The molecule has 10 heteroatoms. The Hall–Kier alpha value is -2.65. The lowest BCUT2D eigenvalue weighted by molar-refractivity contribution is -0.138. The van der Waals surface area contributed by atoms with Gasteiger partial charge in [0.25, 0.3) is 0 Å². The van der Waals surface area contributed by atoms with Gasteiger partial charge in [0, 0.05) is 25.7 Å². The smallest absolute Gasteiger partial charge is 0.341 e. The van der Waals surface area contributed by atoms with Gasteiger partial charge in [0.1, 0.15) is 11.9 Å². The fourth-order valence-electron chi connectivity index (χ4n) is 3.86. The maximum Gasteiger partial charge on any atom is 0.417 e. The lowest BCUT2D eigenvalue weighted by atomic mass is 10.0. The van der Waals surface area contributed by atoms with Crippen molar-refractivity contribution in [1.82, 2.24) is 24.2 Å². The van der Waals surface area contributed by atoms with E-state index in [2.05, 4.69) is 10.1 Å². The molecule has 2 aliphatic heterocycles. The molecule has 0 aliphatic carbocycles. The van der Waals surface area contributed by atoms with Crippen molar-refractivity contribution in [3.63, 3.8) is 0 Å². The van der Waals surface area contributed by atoms with Gasteiger partial charge in [-0.3, -0.25) is 14.3 Å². The molecule has 0 unspecified atom stereocenters. The molecule has 2 aromatic rings. The maximum absolute atomic E-state index is 12.9. The van der Waals surface area contributed by atoms with Crippen LogP contribution in [-0.4, -0.2) is 43.2 Å². The summed E-state index contributed by atoms with van der Waals surface area (Å²) in [6, 6.07) is 1.62. The molecule has 1 saturated heterocycles. The highest BCUT2D eigenvalue weighted by molar-refractivity contribution is 5.80. The average Bonchev–Trinajstić information content (AvgIpc) is 3.30. The number of fused-ring (bicyclic) bond motifs is 1. The van der Waals surface area contributed by atoms with E-state index >= 15 is 0 Å². The van der Waals surface area contributed by atoms with E-state index in [1.54, 1.807) is 4.90 Å². The molecule has 0 bridgehead atoms. The largest absolute Gasteiger partial charge is 0.417 e. The minimum Gasteiger partial charge on any atom is -0.341 e. The third-order valence-corrected chi connectivity index (χ3v) is 5.30. The van der Waals surface area contributed by atoms with Gasteiger partial charge in [0.15, 0.2) is 0 Å². The summed E-state index contributed by atoms with van der Waals surface area (Å²) >= 11 is 0. The van der Waals surface area contributed by atoms with Crippen LogP contribution in [0.2, 0.25) is 0 Å². The number of hydrogen-bond acceptors (Lipinski definition) is 4. The Morgan fingerprint density at radius 3 is 2.57 bits per heavy atom. The van der Waals surface area contributed by atoms with Crippen molar-refractivity contribution in [3.05, 3.63) is 45.9 Å². The van der Waals surface area contributed by atoms with Crippen LogP contribution in [0.15, 0.2) is 23.1 Å². The molecule has 150 valence electrons. The molecule has 0 spiro atoms. The van der Waals surface area contributed by atoms with Crippen LogP contribution in [0.5, 0.6) is 0 Å². The fraction of sp³-hybridized carbons (Fsp3) is 0.556. The first kappa shape index (κ1) is 18.7. The number of aromatic nitrogens is 4. The zero-order valence-electron chi connectivity index (χ0n) is 15.2. The third kappa shape index (κ3) is 3.43. The first-order valence-corrected chi connectivity index (χ1v) is 9.34. The van der Waals surface area contributed by atoms with E-state index in [0.717, 1.165) is 31.5 Å². The van der Waals surface area contributed by atoms with Crippen molar-refractivity contribution in [1.29, 1.82) is 0 Å². The summed E-state index contributed by atoms with van der Waals surface area (Å²) in [5.41, 5.74) is -0.967. The molecule has 28 heavy (non-hydrogen) atoms. The van der Waals surface area contributed by atoms with Crippen LogP contribution in [0.25, 0.3) is 0 Å². The van der Waals surface area contributed by atoms with Crippen molar-refractivity contribution in [2.24, 2.45) is 0 Å². The summed E-state index contributed by atoms with van der Waals surface area (Å²) < 4.78 is 40.6. The number of aryl methyl sites for hydroxylation is 1. The summed E-state index contributed by atoms with van der Waals surface area (Å²) in [4.78, 5) is 31.3. The molecular weight excluding hydrogens is 375 g/mol. The van der Waals surface area contributed by atoms with Crippen LogP contribution in [0.1, 0.15) is 48.8 Å². The van der Waals surface area contributed by atoms with E-state index in [4.69, 9.17) is 0 Å². The molecule has 0 saturated carbocycles. The van der Waals surface area contributed by atoms with Gasteiger partial charge >= 0.3 is 11.9 Å². The molecule has 2 aliphatic rings. The van der Waals surface area contributed by atoms with E-state index in [1.165, 1.54) is 15.3 Å². The second-order valence-electron chi connectivity index (χ2n) is 7.20. The molecular formula is C18H20F3N5O2. The average molecular weight is 395 g/mol. The van der Waals surface area contributed by atoms with Crippen molar-refractivity contribution in [2.45, 2.75) is 50.9 Å². The topological polar surface area (TPSA) is 73.0 Å². The zero-order valence-corrected chi connectivity index (χ0v) is 15.2. The van der Waals surface area contributed by atoms with Crippen LogP contribution in [-0.2, 0) is 23.9 Å². The number of likely N-dealkylation sites (tertiary alicyclic amines) is 1. The van der Waals surface area contributed by atoms with Crippen molar-refractivity contribution < 1.29 is 18.0 Å². The van der Waals surface area contributed by atoms with Gasteiger partial charge in [-0.15, -0.1) is 0 Å². The quantitative estimate of drug-likeness (QED) is 0.797. The number of halogens is 3. The van der Waals surface area contributed by atoms with Crippen molar-refractivity contribution in [3.8, 4) is 0 Å².